The van der Waals surface area contributed by atoms with E-state index in [1.165, 1.54) is 4.68 Å². The monoisotopic (exact) mass is 265 g/mol. The second kappa shape index (κ2) is 6.67. The maximum Gasteiger partial charge on any atom is 0.389 e. The molecule has 18 heavy (non-hydrogen) atoms. The molecule has 1 aromatic rings. The van der Waals surface area contributed by atoms with Crippen LogP contribution >= 0.6 is 0 Å². The Morgan fingerprint density at radius 1 is 1.39 bits per heavy atom. The first kappa shape index (κ1) is 14.9. The second-order valence-electron chi connectivity index (χ2n) is 4.15. The van der Waals surface area contributed by atoms with Gasteiger partial charge in [-0.2, -0.15) is 13.2 Å². The molecule has 0 radical (unpaired) electrons. The van der Waals surface area contributed by atoms with Crippen molar-refractivity contribution in [3.05, 3.63) is 5.82 Å². The van der Waals surface area contributed by atoms with Gasteiger partial charge in [0.15, 0.2) is 5.82 Å². The van der Waals surface area contributed by atoms with Gasteiger partial charge in [0.05, 0.1) is 6.04 Å². The van der Waals surface area contributed by atoms with Crippen molar-refractivity contribution in [1.82, 2.24) is 25.5 Å². The highest BCUT2D eigenvalue weighted by Crippen LogP contribution is 2.21. The van der Waals surface area contributed by atoms with Crippen LogP contribution < -0.4 is 5.32 Å². The molecule has 1 unspecified atom stereocenters. The lowest BCUT2D eigenvalue weighted by atomic mass is 10.2. The molecule has 1 atom stereocenters. The van der Waals surface area contributed by atoms with E-state index in [1.807, 2.05) is 13.8 Å². The summed E-state index contributed by atoms with van der Waals surface area (Å²) in [6.45, 7) is 4.92. The number of halogens is 3. The number of aromatic nitrogens is 4. The Hall–Kier alpha value is -1.18. The number of rotatable bonds is 7. The number of nitrogens with zero attached hydrogens (tertiary/aromatic N) is 4. The molecule has 1 aromatic heterocycles. The van der Waals surface area contributed by atoms with Gasteiger partial charge >= 0.3 is 6.18 Å². The van der Waals surface area contributed by atoms with Crippen LogP contribution in [0.5, 0.6) is 0 Å². The number of aryl methyl sites for hydroxylation is 1. The van der Waals surface area contributed by atoms with Crippen LogP contribution in [0.2, 0.25) is 0 Å². The van der Waals surface area contributed by atoms with Gasteiger partial charge in [0.2, 0.25) is 0 Å². The number of nitrogens with one attached hydrogen (secondary N) is 1. The van der Waals surface area contributed by atoms with Crippen molar-refractivity contribution in [3.8, 4) is 0 Å². The fraction of sp³-hybridized carbons (Fsp3) is 0.900. The van der Waals surface area contributed by atoms with Crippen LogP contribution in [0.3, 0.4) is 0 Å². The van der Waals surface area contributed by atoms with Gasteiger partial charge in [-0.05, 0) is 36.7 Å². The lowest BCUT2D eigenvalue weighted by Crippen LogP contribution is -2.23. The molecule has 0 spiro atoms. The largest absolute Gasteiger partial charge is 0.389 e. The summed E-state index contributed by atoms with van der Waals surface area (Å²) in [4.78, 5) is 0. The predicted molar refractivity (Wildman–Crippen MR) is 59.8 cm³/mol. The Labute approximate surface area is 104 Å². The molecule has 5 nitrogen and oxygen atoms in total. The molecule has 0 saturated heterocycles. The van der Waals surface area contributed by atoms with Crippen LogP contribution in [0.25, 0.3) is 0 Å². The van der Waals surface area contributed by atoms with Crippen molar-refractivity contribution >= 4 is 0 Å². The third-order valence-electron chi connectivity index (χ3n) is 2.48. The Bertz CT molecular complexity index is 350. The normalized spacial score (nSPS) is 13.8. The predicted octanol–water partition coefficient (Wildman–Crippen LogP) is 2.08. The van der Waals surface area contributed by atoms with Gasteiger partial charge in [-0.15, -0.1) is 5.10 Å². The van der Waals surface area contributed by atoms with E-state index in [0.29, 0.717) is 5.82 Å². The first-order valence-corrected chi connectivity index (χ1v) is 6.00. The first-order chi connectivity index (χ1) is 8.44. The summed E-state index contributed by atoms with van der Waals surface area (Å²) in [5.74, 6) is 0.575. The van der Waals surface area contributed by atoms with Crippen molar-refractivity contribution < 1.29 is 13.2 Å². The molecule has 0 fully saturated rings. The third-order valence-corrected chi connectivity index (χ3v) is 2.48. The van der Waals surface area contributed by atoms with Crippen LogP contribution in [-0.4, -0.2) is 32.9 Å². The first-order valence-electron chi connectivity index (χ1n) is 6.00. The zero-order chi connectivity index (χ0) is 13.6. The molecule has 1 rings (SSSR count). The van der Waals surface area contributed by atoms with E-state index in [4.69, 9.17) is 0 Å². The highest BCUT2D eigenvalue weighted by Gasteiger charge is 2.26. The molecule has 0 aliphatic carbocycles. The Balaban J connectivity index is 2.49. The molecule has 8 heteroatoms. The van der Waals surface area contributed by atoms with E-state index < -0.39 is 12.6 Å². The second-order valence-corrected chi connectivity index (χ2v) is 4.15. The molecule has 0 saturated carbocycles. The number of tetrazole rings is 1. The fourth-order valence-electron chi connectivity index (χ4n) is 1.56. The molecule has 0 aliphatic heterocycles. The van der Waals surface area contributed by atoms with Gasteiger partial charge in [-0.25, -0.2) is 4.68 Å². The zero-order valence-electron chi connectivity index (χ0n) is 10.5. The highest BCUT2D eigenvalue weighted by molar-refractivity contribution is 4.89. The average molecular weight is 265 g/mol. The molecular formula is C10H18F3N5. The number of hydrogen-bond acceptors (Lipinski definition) is 4. The van der Waals surface area contributed by atoms with Gasteiger partial charge in [0.25, 0.3) is 0 Å². The van der Waals surface area contributed by atoms with Crippen molar-refractivity contribution in [2.45, 2.75) is 51.9 Å². The maximum absolute atomic E-state index is 12.0. The lowest BCUT2D eigenvalue weighted by Gasteiger charge is -2.13. The van der Waals surface area contributed by atoms with E-state index in [9.17, 15) is 13.2 Å². The summed E-state index contributed by atoms with van der Waals surface area (Å²) >= 11 is 0. The van der Waals surface area contributed by atoms with Crippen molar-refractivity contribution in [1.29, 1.82) is 0 Å². The molecule has 104 valence electrons. The molecule has 0 amide bonds. The smallest absolute Gasteiger partial charge is 0.307 e. The van der Waals surface area contributed by atoms with Gasteiger partial charge in [-0.3, -0.25) is 0 Å². The summed E-state index contributed by atoms with van der Waals surface area (Å²) < 4.78 is 37.5. The summed E-state index contributed by atoms with van der Waals surface area (Å²) in [7, 11) is 0. The molecule has 0 bridgehead atoms. The Kier molecular flexibility index (Phi) is 5.52. The average Bonchev–Trinajstić information content (AvgIpc) is 2.72. The minimum Gasteiger partial charge on any atom is -0.307 e. The lowest BCUT2D eigenvalue weighted by molar-refractivity contribution is -0.136. The summed E-state index contributed by atoms with van der Waals surface area (Å²) in [5, 5.41) is 14.3. The van der Waals surface area contributed by atoms with Crippen molar-refractivity contribution in [2.24, 2.45) is 0 Å². The summed E-state index contributed by atoms with van der Waals surface area (Å²) in [6.07, 6.45) is -3.98. The minimum atomic E-state index is -4.12. The van der Waals surface area contributed by atoms with Crippen LogP contribution in [0.1, 0.15) is 45.0 Å². The molecule has 0 aromatic carbocycles. The van der Waals surface area contributed by atoms with Crippen molar-refractivity contribution in [3.63, 3.8) is 0 Å². The molecule has 1 heterocycles. The van der Waals surface area contributed by atoms with Crippen LogP contribution in [-0.2, 0) is 6.54 Å². The number of alkyl halides is 3. The minimum absolute atomic E-state index is 0.0119. The molecule has 0 aliphatic rings. The van der Waals surface area contributed by atoms with E-state index in [1.54, 1.807) is 0 Å². The van der Waals surface area contributed by atoms with Gasteiger partial charge in [0, 0.05) is 13.0 Å². The van der Waals surface area contributed by atoms with Crippen molar-refractivity contribution in [2.75, 3.05) is 6.54 Å². The van der Waals surface area contributed by atoms with Crippen LogP contribution in [0, 0.1) is 0 Å². The molecule has 1 N–H and O–H groups in total. The van der Waals surface area contributed by atoms with Gasteiger partial charge < -0.3 is 5.32 Å². The van der Waals surface area contributed by atoms with E-state index in [0.717, 1.165) is 13.0 Å². The fourth-order valence-corrected chi connectivity index (χ4v) is 1.56. The third kappa shape index (κ3) is 4.99. The summed E-state index contributed by atoms with van der Waals surface area (Å²) in [6, 6.07) is -0.0640. The van der Waals surface area contributed by atoms with Gasteiger partial charge in [-0.1, -0.05) is 6.92 Å². The Morgan fingerprint density at radius 3 is 2.72 bits per heavy atom. The maximum atomic E-state index is 12.0. The van der Waals surface area contributed by atoms with Crippen LogP contribution in [0.15, 0.2) is 0 Å². The van der Waals surface area contributed by atoms with E-state index in [-0.39, 0.29) is 19.0 Å². The standard InChI is InChI=1S/C10H18F3N5/c1-3-6-14-8(2)9-15-16-17-18(9)7-4-5-10(11,12)13/h8,14H,3-7H2,1-2H3. The van der Waals surface area contributed by atoms with E-state index >= 15 is 0 Å². The summed E-state index contributed by atoms with van der Waals surface area (Å²) in [5.41, 5.74) is 0. The zero-order valence-corrected chi connectivity index (χ0v) is 10.5. The highest BCUT2D eigenvalue weighted by atomic mass is 19.4. The quantitative estimate of drug-likeness (QED) is 0.820. The van der Waals surface area contributed by atoms with Gasteiger partial charge in [0.1, 0.15) is 0 Å². The van der Waals surface area contributed by atoms with E-state index in [2.05, 4.69) is 20.8 Å². The molecular weight excluding hydrogens is 247 g/mol. The topological polar surface area (TPSA) is 55.6 Å². The van der Waals surface area contributed by atoms with Crippen LogP contribution in [0.4, 0.5) is 13.2 Å². The Morgan fingerprint density at radius 2 is 2.11 bits per heavy atom. The number of hydrogen-bond donors (Lipinski definition) is 1. The SMILES string of the molecule is CCCNC(C)c1nnnn1CCCC(F)(F)F.